The lowest BCUT2D eigenvalue weighted by Gasteiger charge is -2.31. The predicted molar refractivity (Wildman–Crippen MR) is 260 cm³/mol. The van der Waals surface area contributed by atoms with Gasteiger partial charge in [-0.25, -0.2) is 0 Å². The minimum absolute atomic E-state index is 0.132. The molecule has 0 saturated carbocycles. The van der Waals surface area contributed by atoms with E-state index in [9.17, 15) is 35.7 Å². The van der Waals surface area contributed by atoms with E-state index in [0.717, 1.165) is 49.1 Å². The van der Waals surface area contributed by atoms with Crippen molar-refractivity contribution in [3.05, 3.63) is 206 Å². The lowest BCUT2D eigenvalue weighted by atomic mass is 9.90. The molecule has 0 atom stereocenters. The van der Waals surface area contributed by atoms with Crippen molar-refractivity contribution >= 4 is 51.9 Å². The molecule has 0 aromatic heterocycles. The molecule has 64 heavy (non-hydrogen) atoms. The molecule has 0 unspecified atom stereocenters. The summed E-state index contributed by atoms with van der Waals surface area (Å²) in [6.07, 6.45) is 19.4. The average Bonchev–Trinajstić information content (AvgIpc) is 3.66. The maximum atomic E-state index is 12.3. The van der Waals surface area contributed by atoms with Gasteiger partial charge in [0.05, 0.1) is 23.6 Å². The van der Waals surface area contributed by atoms with Crippen molar-refractivity contribution in [3.8, 4) is 23.0 Å². The van der Waals surface area contributed by atoms with Crippen molar-refractivity contribution < 1.29 is 35.7 Å². The number of hydrogen-bond donors (Lipinski definition) is 8. The molecule has 0 heterocycles. The Kier molecular flexibility index (Phi) is 13.5. The number of anilines is 1. The number of aromatic hydroxyl groups is 4. The normalized spacial score (nSPS) is 14.8. The molecule has 0 saturated heterocycles. The highest BCUT2D eigenvalue weighted by Crippen LogP contribution is 2.56. The number of fused-ring (bicyclic) bond motifs is 1. The molecule has 2 aliphatic carbocycles. The van der Waals surface area contributed by atoms with Crippen LogP contribution in [0.3, 0.4) is 0 Å². The first-order valence-electron chi connectivity index (χ1n) is 21.1. The number of benzene rings is 5. The van der Waals surface area contributed by atoms with Crippen molar-refractivity contribution in [1.29, 1.82) is 0 Å². The van der Waals surface area contributed by atoms with E-state index in [0.29, 0.717) is 29.2 Å². The van der Waals surface area contributed by atoms with Gasteiger partial charge in [0.1, 0.15) is 5.69 Å². The lowest BCUT2D eigenvalue weighted by molar-refractivity contribution is 0.291. The molecule has 9 N–H and O–H groups in total. The molecule has 0 spiro atoms. The number of nitrogens with zero attached hydrogens (tertiary/aromatic N) is 1. The first-order valence-corrected chi connectivity index (χ1v) is 21.1. The van der Waals surface area contributed by atoms with Crippen molar-refractivity contribution in [2.24, 2.45) is 5.73 Å². The molecule has 5 aromatic carbocycles. The Morgan fingerprint density at radius 2 is 1.36 bits per heavy atom. The van der Waals surface area contributed by atoms with E-state index in [1.54, 1.807) is 30.4 Å². The first-order chi connectivity index (χ1) is 31.0. The Balaban J connectivity index is 1.52. The summed E-state index contributed by atoms with van der Waals surface area (Å²) in [5.74, 6) is -4.82. The van der Waals surface area contributed by atoms with Crippen LogP contribution in [0.15, 0.2) is 157 Å². The summed E-state index contributed by atoms with van der Waals surface area (Å²) >= 11 is 0. The maximum absolute atomic E-state index is 12.3. The van der Waals surface area contributed by atoms with Crippen LogP contribution in [0.2, 0.25) is 0 Å². The van der Waals surface area contributed by atoms with E-state index in [1.165, 1.54) is 0 Å². The molecular formula is C55H52N2O7. The van der Waals surface area contributed by atoms with Crippen molar-refractivity contribution in [1.82, 2.24) is 0 Å². The Hall–Kier alpha value is -7.72. The second kappa shape index (κ2) is 19.5. The summed E-state index contributed by atoms with van der Waals surface area (Å²) in [7, 11) is 0. The van der Waals surface area contributed by atoms with Crippen molar-refractivity contribution in [2.75, 3.05) is 18.1 Å². The molecule has 9 heteroatoms. The van der Waals surface area contributed by atoms with E-state index in [1.807, 2.05) is 148 Å². The van der Waals surface area contributed by atoms with Gasteiger partial charge in [0.25, 0.3) is 0 Å². The highest BCUT2D eigenvalue weighted by molar-refractivity contribution is 6.10. The molecule has 0 amide bonds. The minimum atomic E-state index is -0.971. The van der Waals surface area contributed by atoms with Crippen LogP contribution in [0.25, 0.3) is 46.2 Å². The molecule has 5 aromatic rings. The number of aliphatic hydroxyl groups is 3. The van der Waals surface area contributed by atoms with Crippen LogP contribution in [-0.4, -0.2) is 48.9 Å². The van der Waals surface area contributed by atoms with Gasteiger partial charge in [-0.1, -0.05) is 151 Å². The van der Waals surface area contributed by atoms with E-state index in [4.69, 9.17) is 5.73 Å². The van der Waals surface area contributed by atoms with Gasteiger partial charge >= 0.3 is 0 Å². The number of rotatable bonds is 12. The highest BCUT2D eigenvalue weighted by Gasteiger charge is 2.34. The predicted octanol–water partition coefficient (Wildman–Crippen LogP) is 9.88. The second-order valence-corrected chi connectivity index (χ2v) is 15.4. The summed E-state index contributed by atoms with van der Waals surface area (Å²) in [6.45, 7) is 4.46. The third-order valence-electron chi connectivity index (χ3n) is 11.3. The van der Waals surface area contributed by atoms with Gasteiger partial charge in [-0.2, -0.15) is 0 Å². The fourth-order valence-corrected chi connectivity index (χ4v) is 8.33. The van der Waals surface area contributed by atoms with Gasteiger partial charge < -0.3 is 46.4 Å². The van der Waals surface area contributed by atoms with Gasteiger partial charge in [0.2, 0.25) is 0 Å². The Bertz CT molecular complexity index is 2960. The summed E-state index contributed by atoms with van der Waals surface area (Å²) < 4.78 is 0. The van der Waals surface area contributed by atoms with Crippen LogP contribution in [-0.2, 0) is 0 Å². The molecule has 0 bridgehead atoms. The molecule has 324 valence electrons. The molecule has 0 aliphatic heterocycles. The standard InChI is InChI=1S/C55H52N2O7/c1-4-16-35-23-14-26-43(40(35)17-5-2)45(32-56)50(59)51(60)47(33-58)57(46-27-13-12-22-38-30-34(3)28-29-42(38)46)49-54(63)52(61)48(53(62)55(49)64)39-24-15-25-41(36-18-8-6-9-19-36)44(31-39)37-20-10-7-11-21-37/h4-11,13-14,16-31,58-64H,12,15,32-33,56H2,1-3H3/b16-4-,17-5-,50-45-,51-47-. The summed E-state index contributed by atoms with van der Waals surface area (Å²) in [5, 5.41) is 85.8. The smallest absolute Gasteiger partial charge is 0.186 e. The van der Waals surface area contributed by atoms with E-state index in [2.05, 4.69) is 0 Å². The highest BCUT2D eigenvalue weighted by atomic mass is 16.3. The monoisotopic (exact) mass is 852 g/mol. The number of nitrogens with two attached hydrogens (primary N) is 1. The van der Waals surface area contributed by atoms with E-state index < -0.39 is 52.5 Å². The first kappa shape index (κ1) is 44.3. The number of aliphatic hydroxyl groups excluding tert-OH is 3. The summed E-state index contributed by atoms with van der Waals surface area (Å²) in [5.41, 5.74) is 12.2. The topological polar surface area (TPSA) is 171 Å². The van der Waals surface area contributed by atoms with Gasteiger partial charge in [-0.05, 0) is 95.5 Å². The van der Waals surface area contributed by atoms with Crippen molar-refractivity contribution in [2.45, 2.75) is 33.6 Å². The largest absolute Gasteiger partial charge is 0.504 e. The SMILES string of the molecule is C/C=C\c1cccc(/C(CN)=C(O)/C(O)=C(\CO)N(C2=c3ccc(C)cc3=CCC=C2)c2c(O)c(O)c(C3=CCC=C(c4ccccc4)C(c4ccccc4)=C3)c(O)c2O)c1/C=C\C. The molecule has 7 rings (SSSR count). The number of phenols is 4. The number of hydrogen-bond acceptors (Lipinski definition) is 9. The summed E-state index contributed by atoms with van der Waals surface area (Å²) in [4.78, 5) is 1.14. The quantitative estimate of drug-likeness (QED) is 0.0263. The van der Waals surface area contributed by atoms with E-state index in [-0.39, 0.29) is 23.4 Å². The zero-order valence-corrected chi connectivity index (χ0v) is 36.0. The van der Waals surface area contributed by atoms with Crippen LogP contribution in [0.5, 0.6) is 23.0 Å². The average molecular weight is 853 g/mol. The molecule has 0 radical (unpaired) electrons. The fourth-order valence-electron chi connectivity index (χ4n) is 8.33. The van der Waals surface area contributed by atoms with Gasteiger partial charge in [0.15, 0.2) is 34.5 Å². The Morgan fingerprint density at radius 3 is 1.98 bits per heavy atom. The molecular weight excluding hydrogens is 801 g/mol. The van der Waals surface area contributed by atoms with E-state index >= 15 is 0 Å². The fraction of sp³-hybridized carbons (Fsp3) is 0.127. The van der Waals surface area contributed by atoms with Crippen molar-refractivity contribution in [3.63, 3.8) is 0 Å². The van der Waals surface area contributed by atoms with Crippen LogP contribution in [0, 0.1) is 6.92 Å². The number of phenolic OH excluding ortho intramolecular Hbond substituents is 4. The third kappa shape index (κ3) is 8.55. The maximum Gasteiger partial charge on any atom is 0.186 e. The minimum Gasteiger partial charge on any atom is -0.504 e. The Labute approximate surface area is 373 Å². The van der Waals surface area contributed by atoms with Gasteiger partial charge in [-0.3, -0.25) is 0 Å². The third-order valence-corrected chi connectivity index (χ3v) is 11.3. The van der Waals surface area contributed by atoms with Crippen LogP contribution >= 0.6 is 0 Å². The molecule has 0 fully saturated rings. The number of aryl methyl sites for hydroxylation is 1. The van der Waals surface area contributed by atoms with Gasteiger partial charge in [0, 0.05) is 17.3 Å². The second-order valence-electron chi connectivity index (χ2n) is 15.4. The zero-order valence-electron chi connectivity index (χ0n) is 36.0. The summed E-state index contributed by atoms with van der Waals surface area (Å²) in [6, 6.07) is 30.5. The Morgan fingerprint density at radius 1 is 0.703 bits per heavy atom. The molecule has 9 nitrogen and oxygen atoms in total. The van der Waals surface area contributed by atoms with Gasteiger partial charge in [-0.15, -0.1) is 0 Å². The van der Waals surface area contributed by atoms with Crippen LogP contribution in [0.1, 0.15) is 65.6 Å². The lowest BCUT2D eigenvalue weighted by Crippen LogP contribution is -2.35. The van der Waals surface area contributed by atoms with Crippen LogP contribution in [0.4, 0.5) is 5.69 Å². The molecule has 2 aliphatic rings. The number of allylic oxidation sites excluding steroid dienone is 9. The zero-order chi connectivity index (χ0) is 45.5. The van der Waals surface area contributed by atoms with Crippen LogP contribution < -0.4 is 21.1 Å².